The van der Waals surface area contributed by atoms with Crippen LogP contribution in [0, 0.1) is 18.7 Å². The molecule has 7 aromatic rings. The molecule has 0 unspecified atom stereocenters. The molecule has 115 heavy (non-hydrogen) atoms. The van der Waals surface area contributed by atoms with Gasteiger partial charge in [-0.05, 0) is 135 Å². The predicted molar refractivity (Wildman–Crippen MR) is 413 cm³/mol. The zero-order chi connectivity index (χ0) is 84.0. The van der Waals surface area contributed by atoms with Gasteiger partial charge in [0.15, 0.2) is 0 Å². The predicted octanol–water partition coefficient (Wildman–Crippen LogP) is 1.08. The number of aliphatic hydroxyl groups excluding tert-OH is 2. The molecule has 0 saturated carbocycles. The maximum atomic E-state index is 15.7. The Labute approximate surface area is 661 Å². The van der Waals surface area contributed by atoms with Crippen molar-refractivity contribution in [1.82, 2.24) is 77.7 Å². The van der Waals surface area contributed by atoms with Gasteiger partial charge < -0.3 is 94.0 Å². The molecule has 34 nitrogen and oxygen atoms in total. The van der Waals surface area contributed by atoms with Crippen LogP contribution in [-0.4, -0.2) is 211 Å². The van der Waals surface area contributed by atoms with E-state index in [0.29, 0.717) is 35.2 Å². The summed E-state index contributed by atoms with van der Waals surface area (Å²) in [5, 5.41) is 74.2. The number of aromatic hydroxyl groups is 1. The van der Waals surface area contributed by atoms with Gasteiger partial charge in [0.25, 0.3) is 0 Å². The fraction of sp³-hybridized carbons (Fsp3) is 0.400. The number of H-pyrrole nitrogens is 2. The first-order chi connectivity index (χ1) is 54.6. The van der Waals surface area contributed by atoms with Crippen LogP contribution in [0.2, 0.25) is 0 Å². The summed E-state index contributed by atoms with van der Waals surface area (Å²) in [6, 6.07) is 13.2. The van der Waals surface area contributed by atoms with Gasteiger partial charge in [0, 0.05) is 87.2 Å². The normalized spacial score (nSPS) is 16.3. The number of aromatic amines is 2. The highest BCUT2D eigenvalue weighted by Gasteiger charge is 2.48. The number of pyridine rings is 1. The molecule has 1 fully saturated rings. The minimum absolute atomic E-state index is 0.0610. The number of phenolic OH excluding ortho intramolecular Hbond substituents is 1. The SMILES string of the molecule is CCc1cc(O)ccc1-c1ccc(C[C@H](NC(=O)[C@H](CC(=O)O)NC(=O)[C@H](Cc2cnc[nH]2)NC(=O)[C@@H](NC(=O)[C@@](C)(Cc2ccccc2F)NC(=O)[C@@H](NC(=O)CNC(=O)[C@H](CCC(=O)O)NC(=O)[C@]2(C)CCCN2C(=O)[C@@H](C)Cc2cnc[nH]2)[C@@H](C)O)[C@@H](C)O)C(=O)N[C@@H](Cc2cnccc2-c2ccccc2C)C(N)=O)cc1. The molecule has 11 amide bonds. The summed E-state index contributed by atoms with van der Waals surface area (Å²) in [6.45, 7) is 9.43. The van der Waals surface area contributed by atoms with Crippen molar-refractivity contribution in [2.75, 3.05) is 13.1 Å². The number of rotatable bonds is 40. The smallest absolute Gasteiger partial charge is 0.305 e. The highest BCUT2D eigenvalue weighted by molar-refractivity contribution is 6.01. The Kier molecular flexibility index (Phi) is 30.6. The van der Waals surface area contributed by atoms with Gasteiger partial charge in [-0.1, -0.05) is 86.6 Å². The molecule has 35 heteroatoms. The number of carboxylic acids is 2. The standard InChI is InChI=1S/C80H97FN16O18/c1-8-48-32-54(100)22-23-56(48)49-20-18-47(19-21-49)31-61(71(108)89-60(69(82)106)33-51-37-83-28-26-57(51)55-16-11-9-14-43(55)2)90-73(110)63(35-66(104)105)91-72(109)62(34-53-39-85-42-88-53)92-74(111)67(45(4)98)95-77(114)79(6,36-50-15-10-12-17-58(50)81)96-75(112)68(46(5)99)94-64(101)40-86-70(107)59(24-25-65(102)103)93-78(115)80(7)27-13-29-97(80)76(113)44(3)30-52-38-84-41-87-52/h9-12,14-23,26,28,32,37-39,41-42,44-46,59-63,67-68,98-100H,8,13,24-25,27,29-31,33-36,40H2,1-7H3,(H2,82,106)(H,84,87)(H,85,88)(H,86,107)(H,89,108)(H,90,110)(H,91,109)(H,92,111)(H,93,115)(H,94,101)(H,95,114)(H,96,112)(H,102,103)(H,104,105)/t44-,45+,46+,59-,60-,61-,62-,63-,67-,68-,79+,80-/m0/s1. The second-order valence-electron chi connectivity index (χ2n) is 29.0. The summed E-state index contributed by atoms with van der Waals surface area (Å²) in [5.41, 5.74) is 8.38. The molecule has 4 heterocycles. The highest BCUT2D eigenvalue weighted by atomic mass is 19.1. The minimum atomic E-state index is -2.41. The number of phenols is 1. The zero-order valence-electron chi connectivity index (χ0n) is 64.5. The van der Waals surface area contributed by atoms with Crippen molar-refractivity contribution in [3.05, 3.63) is 180 Å². The van der Waals surface area contributed by atoms with Gasteiger partial charge >= 0.3 is 11.9 Å². The Morgan fingerprint density at radius 1 is 0.617 bits per heavy atom. The van der Waals surface area contributed by atoms with Crippen molar-refractivity contribution in [2.45, 2.75) is 185 Å². The maximum Gasteiger partial charge on any atom is 0.305 e. The van der Waals surface area contributed by atoms with E-state index in [2.05, 4.69) is 72.8 Å². The molecule has 0 spiro atoms. The Morgan fingerprint density at radius 2 is 1.23 bits per heavy atom. The first kappa shape index (κ1) is 87.8. The van der Waals surface area contributed by atoms with Crippen molar-refractivity contribution in [3.8, 4) is 28.0 Å². The molecule has 1 aliphatic heterocycles. The van der Waals surface area contributed by atoms with Gasteiger partial charge in [0.05, 0.1) is 37.8 Å². The topological polar surface area (TPSA) is 531 Å². The maximum absolute atomic E-state index is 15.7. The number of hydrogen-bond acceptors (Lipinski definition) is 19. The molecule has 1 saturated heterocycles. The van der Waals surface area contributed by atoms with Crippen LogP contribution in [-0.2, 0) is 101 Å². The number of aliphatic hydroxyl groups is 2. The van der Waals surface area contributed by atoms with Crippen LogP contribution >= 0.6 is 0 Å². The number of nitrogens with one attached hydrogen (secondary N) is 11. The molecule has 3 aromatic heterocycles. The summed E-state index contributed by atoms with van der Waals surface area (Å²) in [7, 11) is 0. The van der Waals surface area contributed by atoms with Gasteiger partial charge in [0.1, 0.15) is 64.9 Å². The number of imidazole rings is 2. The molecular weight excluding hydrogens is 1490 g/mol. The van der Waals surface area contributed by atoms with Gasteiger partial charge in [-0.15, -0.1) is 0 Å². The van der Waals surface area contributed by atoms with E-state index < -0.39 is 187 Å². The molecule has 612 valence electrons. The van der Waals surface area contributed by atoms with Crippen LogP contribution in [0.1, 0.15) is 113 Å². The Hall–Kier alpha value is -12.8. The number of aliphatic carboxylic acids is 2. The summed E-state index contributed by atoms with van der Waals surface area (Å²) < 4.78 is 15.7. The number of carboxylic acid groups (broad SMARTS) is 2. The largest absolute Gasteiger partial charge is 0.508 e. The van der Waals surface area contributed by atoms with Gasteiger partial charge in [-0.3, -0.25) is 67.3 Å². The molecule has 0 radical (unpaired) electrons. The second-order valence-corrected chi connectivity index (χ2v) is 29.0. The average Bonchev–Trinajstić information content (AvgIpc) is 1.51. The van der Waals surface area contributed by atoms with Crippen LogP contribution in [0.5, 0.6) is 5.75 Å². The zero-order valence-corrected chi connectivity index (χ0v) is 64.5. The van der Waals surface area contributed by atoms with E-state index in [1.807, 2.05) is 38.1 Å². The van der Waals surface area contributed by atoms with E-state index in [0.717, 1.165) is 54.7 Å². The summed E-state index contributed by atoms with van der Waals surface area (Å²) in [4.78, 5) is 201. The van der Waals surface area contributed by atoms with Gasteiger partial charge in [-0.25, -0.2) is 14.4 Å². The van der Waals surface area contributed by atoms with Crippen molar-refractivity contribution >= 4 is 76.9 Å². The lowest BCUT2D eigenvalue weighted by Gasteiger charge is -2.36. The number of amides is 11. The number of benzene rings is 4. The van der Waals surface area contributed by atoms with Crippen LogP contribution in [0.15, 0.2) is 135 Å². The van der Waals surface area contributed by atoms with Crippen LogP contribution in [0.25, 0.3) is 22.3 Å². The van der Waals surface area contributed by atoms with Crippen molar-refractivity contribution in [3.63, 3.8) is 0 Å². The first-order valence-corrected chi connectivity index (χ1v) is 37.3. The van der Waals surface area contributed by atoms with E-state index in [9.17, 15) is 87.9 Å². The Balaban J connectivity index is 0.994. The lowest BCUT2D eigenvalue weighted by Crippen LogP contribution is -2.67. The third kappa shape index (κ3) is 23.9. The van der Waals surface area contributed by atoms with Gasteiger partial charge in [0.2, 0.25) is 65.0 Å². The van der Waals surface area contributed by atoms with Gasteiger partial charge in [-0.2, -0.15) is 0 Å². The number of likely N-dealkylation sites (tertiary alicyclic amines) is 1. The minimum Gasteiger partial charge on any atom is -0.508 e. The van der Waals surface area contributed by atoms with E-state index in [1.165, 1.54) is 61.1 Å². The van der Waals surface area contributed by atoms with E-state index in [-0.39, 0.29) is 55.1 Å². The summed E-state index contributed by atoms with van der Waals surface area (Å²) in [6.07, 6.45) is 2.32. The highest BCUT2D eigenvalue weighted by Crippen LogP contribution is 2.33. The van der Waals surface area contributed by atoms with E-state index in [4.69, 9.17) is 5.73 Å². The number of aryl methyl sites for hydroxylation is 2. The molecule has 0 bridgehead atoms. The number of nitrogens with two attached hydrogens (primary N) is 1. The second kappa shape index (κ2) is 40.1. The van der Waals surface area contributed by atoms with Crippen molar-refractivity contribution in [2.24, 2.45) is 11.7 Å². The number of carbonyl (C=O) groups is 13. The third-order valence-corrected chi connectivity index (χ3v) is 20.0. The molecule has 0 aliphatic carbocycles. The van der Waals surface area contributed by atoms with Crippen LogP contribution in [0.3, 0.4) is 0 Å². The Bertz CT molecular complexity index is 4660. The molecule has 12 atom stereocenters. The number of aromatic nitrogens is 5. The number of carbonyl (C=O) groups excluding carboxylic acids is 11. The van der Waals surface area contributed by atoms with Crippen molar-refractivity contribution < 1.29 is 92.3 Å². The monoisotopic (exact) mass is 1590 g/mol. The van der Waals surface area contributed by atoms with E-state index >= 15 is 4.39 Å². The molecule has 4 aromatic carbocycles. The fourth-order valence-corrected chi connectivity index (χ4v) is 13.5. The molecule has 18 N–H and O–H groups in total. The number of primary amides is 1. The summed E-state index contributed by atoms with van der Waals surface area (Å²) >= 11 is 0. The lowest BCUT2D eigenvalue weighted by molar-refractivity contribution is -0.147. The quantitative estimate of drug-likeness (QED) is 0.0255. The number of hydrogen-bond donors (Lipinski definition) is 17. The molecular formula is C80H97FN16O18. The number of halogens is 1. The van der Waals surface area contributed by atoms with Crippen LogP contribution in [0.4, 0.5) is 4.39 Å². The lowest BCUT2D eigenvalue weighted by atomic mass is 9.90. The Morgan fingerprint density at radius 3 is 1.84 bits per heavy atom. The number of nitrogens with zero attached hydrogens (tertiary/aromatic N) is 4. The van der Waals surface area contributed by atoms with Crippen molar-refractivity contribution in [1.29, 1.82) is 0 Å². The van der Waals surface area contributed by atoms with Crippen LogP contribution < -0.4 is 53.6 Å². The third-order valence-electron chi connectivity index (χ3n) is 20.0. The summed E-state index contributed by atoms with van der Waals surface area (Å²) in [5.74, 6) is -16.1. The van der Waals surface area contributed by atoms with E-state index in [1.54, 1.807) is 61.8 Å². The fourth-order valence-electron chi connectivity index (χ4n) is 13.5. The average molecular weight is 1590 g/mol. The molecule has 1 aliphatic rings. The molecule has 8 rings (SSSR count). The first-order valence-electron chi connectivity index (χ1n) is 37.3.